The minimum absolute atomic E-state index is 0.00138. The normalized spacial score (nSPS) is 21.4. The number of ether oxygens (including phenoxy) is 2. The van der Waals surface area contributed by atoms with E-state index in [-0.39, 0.29) is 37.4 Å². The predicted molar refractivity (Wildman–Crippen MR) is 112 cm³/mol. The van der Waals surface area contributed by atoms with E-state index in [4.69, 9.17) is 9.47 Å². The van der Waals surface area contributed by atoms with Gasteiger partial charge in [0.05, 0.1) is 31.1 Å². The summed E-state index contributed by atoms with van der Waals surface area (Å²) in [6, 6.07) is 2.94. The second-order valence-electron chi connectivity index (χ2n) is 7.69. The first-order chi connectivity index (χ1) is 14.4. The molecule has 7 heteroatoms. The molecule has 166 valence electrons. The molecule has 1 aliphatic rings. The van der Waals surface area contributed by atoms with Crippen LogP contribution >= 0.6 is 0 Å². The van der Waals surface area contributed by atoms with E-state index in [0.29, 0.717) is 23.4 Å². The molecule has 0 fully saturated rings. The van der Waals surface area contributed by atoms with Crippen LogP contribution in [-0.2, 0) is 25.7 Å². The number of hydrogen-bond acceptors (Lipinski definition) is 6. The fourth-order valence-electron chi connectivity index (χ4n) is 4.21. The largest absolute Gasteiger partial charge is 0.463 e. The summed E-state index contributed by atoms with van der Waals surface area (Å²) in [6.07, 6.45) is 4.15. The first kappa shape index (κ1) is 24.0. The van der Waals surface area contributed by atoms with Crippen LogP contribution in [0.5, 0.6) is 0 Å². The van der Waals surface area contributed by atoms with E-state index in [2.05, 4.69) is 0 Å². The summed E-state index contributed by atoms with van der Waals surface area (Å²) in [4.78, 5) is 36.4. The molecule has 1 N–H and O–H groups in total. The van der Waals surface area contributed by atoms with Crippen molar-refractivity contribution in [1.29, 1.82) is 0 Å². The van der Waals surface area contributed by atoms with Crippen LogP contribution in [0.25, 0.3) is 0 Å². The highest BCUT2D eigenvalue weighted by atomic mass is 16.5. The minimum Gasteiger partial charge on any atom is -0.463 e. The van der Waals surface area contributed by atoms with Gasteiger partial charge in [0, 0.05) is 36.1 Å². The number of aldehydes is 1. The number of ketones is 1. The van der Waals surface area contributed by atoms with Crippen LogP contribution in [0.1, 0.15) is 75.6 Å². The van der Waals surface area contributed by atoms with E-state index in [1.54, 1.807) is 29.7 Å². The highest BCUT2D eigenvalue weighted by Crippen LogP contribution is 2.40. The molecule has 0 aromatic carbocycles. The van der Waals surface area contributed by atoms with Crippen LogP contribution in [0.2, 0.25) is 0 Å². The molecule has 3 atom stereocenters. The summed E-state index contributed by atoms with van der Waals surface area (Å²) in [6.45, 7) is 7.33. The number of rotatable bonds is 11. The van der Waals surface area contributed by atoms with Crippen molar-refractivity contribution in [1.82, 2.24) is 4.57 Å². The molecular weight excluding hydrogens is 386 g/mol. The Morgan fingerprint density at radius 3 is 2.50 bits per heavy atom. The third-order valence-corrected chi connectivity index (χ3v) is 5.68. The zero-order valence-electron chi connectivity index (χ0n) is 18.3. The van der Waals surface area contributed by atoms with Gasteiger partial charge < -0.3 is 23.9 Å². The Hall–Kier alpha value is -2.25. The Kier molecular flexibility index (Phi) is 8.99. The maximum atomic E-state index is 12.6. The molecule has 0 spiro atoms. The van der Waals surface area contributed by atoms with E-state index in [1.807, 2.05) is 13.8 Å². The zero-order chi connectivity index (χ0) is 22.3. The van der Waals surface area contributed by atoms with Crippen molar-refractivity contribution in [3.8, 4) is 0 Å². The van der Waals surface area contributed by atoms with Gasteiger partial charge in [0.25, 0.3) is 0 Å². The molecule has 1 aromatic heterocycles. The smallest absolute Gasteiger partial charge is 0.333 e. The van der Waals surface area contributed by atoms with E-state index in [0.717, 1.165) is 19.1 Å². The van der Waals surface area contributed by atoms with Crippen molar-refractivity contribution in [2.45, 2.75) is 78.2 Å². The number of carbonyl (C=O) groups excluding carboxylic acids is 3. The number of aliphatic hydroxyl groups is 1. The van der Waals surface area contributed by atoms with Gasteiger partial charge in [0.2, 0.25) is 0 Å². The molecule has 0 saturated carbocycles. The molecule has 0 aliphatic heterocycles. The Labute approximate surface area is 178 Å². The fourth-order valence-corrected chi connectivity index (χ4v) is 4.21. The minimum atomic E-state index is -0.481. The maximum Gasteiger partial charge on any atom is 0.333 e. The van der Waals surface area contributed by atoms with Crippen LogP contribution < -0.4 is 0 Å². The predicted octanol–water partition coefficient (Wildman–Crippen LogP) is 3.40. The van der Waals surface area contributed by atoms with Crippen LogP contribution in [0.4, 0.5) is 0 Å². The van der Waals surface area contributed by atoms with Gasteiger partial charge in [-0.3, -0.25) is 4.79 Å². The number of esters is 1. The molecule has 0 unspecified atom stereocenters. The van der Waals surface area contributed by atoms with Gasteiger partial charge in [0.1, 0.15) is 5.78 Å². The molecular formula is C23H33NO6. The molecule has 2 rings (SSSR count). The molecule has 30 heavy (non-hydrogen) atoms. The summed E-state index contributed by atoms with van der Waals surface area (Å²) >= 11 is 0. The first-order valence-electron chi connectivity index (χ1n) is 10.7. The Morgan fingerprint density at radius 2 is 1.97 bits per heavy atom. The van der Waals surface area contributed by atoms with Gasteiger partial charge in [-0.05, 0) is 44.9 Å². The number of Topliss-reactive ketones (excluding diaryl/α,β-unsaturated/α-hetero) is 1. The second kappa shape index (κ2) is 11.2. The quantitative estimate of drug-likeness (QED) is 0.436. The Balaban J connectivity index is 2.58. The van der Waals surface area contributed by atoms with E-state index in [9.17, 15) is 19.5 Å². The zero-order valence-corrected chi connectivity index (χ0v) is 18.3. The number of aromatic nitrogens is 1. The maximum absolute atomic E-state index is 12.6. The van der Waals surface area contributed by atoms with Gasteiger partial charge in [-0.1, -0.05) is 13.8 Å². The molecule has 1 aliphatic carbocycles. The lowest BCUT2D eigenvalue weighted by atomic mass is 9.79. The van der Waals surface area contributed by atoms with Crippen molar-refractivity contribution in [3.63, 3.8) is 0 Å². The van der Waals surface area contributed by atoms with Gasteiger partial charge in [-0.2, -0.15) is 0 Å². The third kappa shape index (κ3) is 5.46. The lowest BCUT2D eigenvalue weighted by Gasteiger charge is -2.39. The van der Waals surface area contributed by atoms with E-state index >= 15 is 0 Å². The first-order valence-corrected chi connectivity index (χ1v) is 10.7. The van der Waals surface area contributed by atoms with E-state index in [1.165, 1.54) is 6.92 Å². The molecule has 0 radical (unpaired) electrons. The van der Waals surface area contributed by atoms with Crippen LogP contribution in [-0.4, -0.2) is 46.5 Å². The van der Waals surface area contributed by atoms with Crippen molar-refractivity contribution in [3.05, 3.63) is 35.2 Å². The topological polar surface area (TPSA) is 94.8 Å². The highest BCUT2D eigenvalue weighted by molar-refractivity contribution is 5.89. The van der Waals surface area contributed by atoms with Gasteiger partial charge in [0.15, 0.2) is 6.29 Å². The third-order valence-electron chi connectivity index (χ3n) is 5.68. The van der Waals surface area contributed by atoms with Gasteiger partial charge in [-0.25, -0.2) is 4.79 Å². The summed E-state index contributed by atoms with van der Waals surface area (Å²) in [7, 11) is 0. The second-order valence-corrected chi connectivity index (χ2v) is 7.69. The van der Waals surface area contributed by atoms with Crippen LogP contribution in [0, 0.1) is 5.92 Å². The lowest BCUT2D eigenvalue weighted by Crippen LogP contribution is -2.40. The lowest BCUT2D eigenvalue weighted by molar-refractivity contribution is -0.139. The number of hydrogen-bond donors (Lipinski definition) is 1. The fraction of sp³-hybridized carbons (Fsp3) is 0.609. The summed E-state index contributed by atoms with van der Waals surface area (Å²) in [5.41, 5.74) is 1.41. The molecule has 1 aromatic rings. The molecule has 1 heterocycles. The van der Waals surface area contributed by atoms with Crippen molar-refractivity contribution in [2.24, 2.45) is 5.92 Å². The van der Waals surface area contributed by atoms with Crippen molar-refractivity contribution < 1.29 is 29.0 Å². The standard InChI is InChI=1S/C23H33NO6/c1-5-19(6-2)30-22-12-16(23(28)29-7-3)11-21(20(22)10-15(4)27)24-17(13-25)8-9-18(24)14-26/h8-9,12-13,19-22,26H,5-7,10-11,14H2,1-4H3/t20-,21+,22-/m1/s1. The molecule has 0 amide bonds. The average Bonchev–Trinajstić information content (AvgIpc) is 3.15. The Morgan fingerprint density at radius 1 is 1.27 bits per heavy atom. The van der Waals surface area contributed by atoms with Crippen LogP contribution in [0.15, 0.2) is 23.8 Å². The van der Waals surface area contributed by atoms with Gasteiger partial charge >= 0.3 is 5.97 Å². The SMILES string of the molecule is CCOC(=O)C1=C[C@@H](OC(CC)CC)[C@H](CC(C)=O)[C@@H](n2c(C=O)ccc2CO)C1. The number of nitrogens with zero attached hydrogens (tertiary/aromatic N) is 1. The highest BCUT2D eigenvalue weighted by Gasteiger charge is 2.39. The summed E-state index contributed by atoms with van der Waals surface area (Å²) in [5.74, 6) is -0.702. The molecule has 0 bridgehead atoms. The number of carbonyl (C=O) groups is 3. The molecule has 7 nitrogen and oxygen atoms in total. The molecule has 0 saturated heterocycles. The monoisotopic (exact) mass is 419 g/mol. The Bertz CT molecular complexity index is 777. The summed E-state index contributed by atoms with van der Waals surface area (Å²) < 4.78 is 13.3. The van der Waals surface area contributed by atoms with Crippen molar-refractivity contribution in [2.75, 3.05) is 6.61 Å². The number of aliphatic hydroxyl groups excluding tert-OH is 1. The van der Waals surface area contributed by atoms with Gasteiger partial charge in [-0.15, -0.1) is 0 Å². The van der Waals surface area contributed by atoms with E-state index < -0.39 is 18.1 Å². The average molecular weight is 420 g/mol. The van der Waals surface area contributed by atoms with Crippen molar-refractivity contribution >= 4 is 18.0 Å². The summed E-state index contributed by atoms with van der Waals surface area (Å²) in [5, 5.41) is 9.83. The van der Waals surface area contributed by atoms with Crippen LogP contribution in [0.3, 0.4) is 0 Å².